The highest BCUT2D eigenvalue weighted by Crippen LogP contribution is 2.34. The van der Waals surface area contributed by atoms with Gasteiger partial charge in [-0.05, 0) is 29.8 Å². The van der Waals surface area contributed by atoms with Crippen LogP contribution in [0.15, 0.2) is 40.9 Å². The molecule has 104 valence electrons. The molecule has 20 heavy (non-hydrogen) atoms. The van der Waals surface area contributed by atoms with Crippen LogP contribution in [0.25, 0.3) is 0 Å². The molecule has 0 bridgehead atoms. The van der Waals surface area contributed by atoms with Crippen molar-refractivity contribution in [3.05, 3.63) is 63.4 Å². The molecular formula is C15H13BrFNO2. The molecule has 2 aromatic rings. The number of nitrogens with two attached hydrogens (primary N) is 1. The fourth-order valence-electron chi connectivity index (χ4n) is 2.07. The normalized spacial score (nSPS) is 12.2. The number of primary amides is 1. The van der Waals surface area contributed by atoms with Crippen molar-refractivity contribution in [1.29, 1.82) is 0 Å². The van der Waals surface area contributed by atoms with Crippen LogP contribution >= 0.6 is 15.9 Å². The van der Waals surface area contributed by atoms with Gasteiger partial charge < -0.3 is 10.8 Å². The summed E-state index contributed by atoms with van der Waals surface area (Å²) in [6.45, 7) is 1.82. The Morgan fingerprint density at radius 3 is 2.45 bits per heavy atom. The molecule has 0 aliphatic carbocycles. The van der Waals surface area contributed by atoms with Gasteiger partial charge in [-0.25, -0.2) is 4.39 Å². The van der Waals surface area contributed by atoms with Crippen molar-refractivity contribution in [1.82, 2.24) is 0 Å². The molecule has 0 fully saturated rings. The van der Waals surface area contributed by atoms with Gasteiger partial charge in [0.1, 0.15) is 11.6 Å². The highest BCUT2D eigenvalue weighted by Gasteiger charge is 2.19. The van der Waals surface area contributed by atoms with E-state index in [9.17, 15) is 14.3 Å². The van der Waals surface area contributed by atoms with Crippen molar-refractivity contribution in [2.75, 3.05) is 0 Å². The molecule has 0 spiro atoms. The maximum absolute atomic E-state index is 13.6. The first kappa shape index (κ1) is 14.5. The van der Waals surface area contributed by atoms with Crippen molar-refractivity contribution in [3.8, 4) is 5.75 Å². The van der Waals surface area contributed by atoms with E-state index in [1.54, 1.807) is 0 Å². The van der Waals surface area contributed by atoms with Crippen LogP contribution in [0.3, 0.4) is 0 Å². The first-order valence-corrected chi connectivity index (χ1v) is 6.77. The molecule has 0 aliphatic heterocycles. The summed E-state index contributed by atoms with van der Waals surface area (Å²) in [5, 5.41) is 10.1. The van der Waals surface area contributed by atoms with Crippen LogP contribution < -0.4 is 5.73 Å². The largest absolute Gasteiger partial charge is 0.507 e. The second kappa shape index (κ2) is 5.63. The summed E-state index contributed by atoms with van der Waals surface area (Å²) in [4.78, 5) is 11.2. The molecule has 1 atom stereocenters. The molecule has 0 saturated heterocycles. The van der Waals surface area contributed by atoms with Crippen LogP contribution in [-0.4, -0.2) is 11.0 Å². The number of halogens is 2. The minimum Gasteiger partial charge on any atom is -0.507 e. The quantitative estimate of drug-likeness (QED) is 0.899. The minimum atomic E-state index is -0.855. The predicted octanol–water partition coefficient (Wildman–Crippen LogP) is 3.54. The van der Waals surface area contributed by atoms with Crippen LogP contribution in [-0.2, 0) is 0 Å². The number of aromatic hydroxyl groups is 1. The molecule has 2 aromatic carbocycles. The lowest BCUT2D eigenvalue weighted by Crippen LogP contribution is -2.13. The van der Waals surface area contributed by atoms with E-state index >= 15 is 0 Å². The Morgan fingerprint density at radius 2 is 1.90 bits per heavy atom. The third-order valence-corrected chi connectivity index (χ3v) is 3.73. The van der Waals surface area contributed by atoms with Crippen LogP contribution in [0, 0.1) is 5.82 Å². The highest BCUT2D eigenvalue weighted by atomic mass is 79.9. The Bertz CT molecular complexity index is 656. The number of amides is 1. The van der Waals surface area contributed by atoms with E-state index in [2.05, 4.69) is 15.9 Å². The lowest BCUT2D eigenvalue weighted by Gasteiger charge is -2.16. The average molecular weight is 338 g/mol. The summed E-state index contributed by atoms with van der Waals surface area (Å²) in [7, 11) is 0. The van der Waals surface area contributed by atoms with E-state index in [1.165, 1.54) is 6.07 Å². The lowest BCUT2D eigenvalue weighted by atomic mass is 9.91. The molecule has 1 amide bonds. The Hall–Kier alpha value is -1.88. The van der Waals surface area contributed by atoms with Gasteiger partial charge in [-0.2, -0.15) is 0 Å². The van der Waals surface area contributed by atoms with Gasteiger partial charge in [-0.3, -0.25) is 4.79 Å². The summed E-state index contributed by atoms with van der Waals surface area (Å²) in [6.07, 6.45) is 0. The van der Waals surface area contributed by atoms with Gasteiger partial charge in [0.05, 0.1) is 5.56 Å². The SMILES string of the molecule is CC(c1ccc(Br)cc1)c1cc(F)cc(C(N)=O)c1O. The van der Waals surface area contributed by atoms with Gasteiger partial charge in [-0.1, -0.05) is 35.0 Å². The van der Waals surface area contributed by atoms with Crippen molar-refractivity contribution in [3.63, 3.8) is 0 Å². The maximum atomic E-state index is 13.6. The number of phenols is 1. The van der Waals surface area contributed by atoms with Gasteiger partial charge in [0.15, 0.2) is 0 Å². The molecule has 0 heterocycles. The Labute approximate surface area is 124 Å². The number of carbonyl (C=O) groups is 1. The van der Waals surface area contributed by atoms with Crippen molar-refractivity contribution < 1.29 is 14.3 Å². The summed E-state index contributed by atoms with van der Waals surface area (Å²) >= 11 is 3.34. The molecule has 3 N–H and O–H groups in total. The molecular weight excluding hydrogens is 325 g/mol. The van der Waals surface area contributed by atoms with Gasteiger partial charge in [-0.15, -0.1) is 0 Å². The second-order valence-electron chi connectivity index (χ2n) is 4.53. The summed E-state index contributed by atoms with van der Waals surface area (Å²) < 4.78 is 14.5. The van der Waals surface area contributed by atoms with E-state index in [0.717, 1.165) is 16.1 Å². The third kappa shape index (κ3) is 2.82. The molecule has 0 aromatic heterocycles. The van der Waals surface area contributed by atoms with E-state index in [4.69, 9.17) is 5.73 Å². The molecule has 0 radical (unpaired) electrons. The van der Waals surface area contributed by atoms with Gasteiger partial charge in [0.2, 0.25) is 0 Å². The predicted molar refractivity (Wildman–Crippen MR) is 78.2 cm³/mol. The molecule has 2 rings (SSSR count). The Morgan fingerprint density at radius 1 is 1.30 bits per heavy atom. The van der Waals surface area contributed by atoms with Gasteiger partial charge in [0.25, 0.3) is 5.91 Å². The van der Waals surface area contributed by atoms with Crippen LogP contribution in [0.2, 0.25) is 0 Å². The van der Waals surface area contributed by atoms with E-state index in [1.807, 2.05) is 31.2 Å². The third-order valence-electron chi connectivity index (χ3n) is 3.21. The zero-order valence-electron chi connectivity index (χ0n) is 10.7. The lowest BCUT2D eigenvalue weighted by molar-refractivity contribution is 0.0997. The molecule has 5 heteroatoms. The standard InChI is InChI=1S/C15H13BrFNO2/c1-8(9-2-4-10(16)5-3-9)12-6-11(17)7-13(14(12)19)15(18)20/h2-8,19H,1H3,(H2,18,20). The molecule has 3 nitrogen and oxygen atoms in total. The van der Waals surface area contributed by atoms with Crippen molar-refractivity contribution in [2.45, 2.75) is 12.8 Å². The fourth-order valence-corrected chi connectivity index (χ4v) is 2.33. The smallest absolute Gasteiger partial charge is 0.252 e. The second-order valence-corrected chi connectivity index (χ2v) is 5.44. The number of hydrogen-bond acceptors (Lipinski definition) is 2. The maximum Gasteiger partial charge on any atom is 0.252 e. The molecule has 0 aliphatic rings. The monoisotopic (exact) mass is 337 g/mol. The average Bonchev–Trinajstić information content (AvgIpc) is 2.41. The van der Waals surface area contributed by atoms with Gasteiger partial charge >= 0.3 is 0 Å². The molecule has 0 saturated carbocycles. The van der Waals surface area contributed by atoms with E-state index in [-0.39, 0.29) is 17.2 Å². The fraction of sp³-hybridized carbons (Fsp3) is 0.133. The zero-order valence-corrected chi connectivity index (χ0v) is 12.3. The van der Waals surface area contributed by atoms with E-state index < -0.39 is 11.7 Å². The summed E-state index contributed by atoms with van der Waals surface area (Å²) in [5.41, 5.74) is 6.16. The minimum absolute atomic E-state index is 0.205. The first-order chi connectivity index (χ1) is 9.40. The number of hydrogen-bond donors (Lipinski definition) is 2. The number of benzene rings is 2. The Balaban J connectivity index is 2.51. The number of rotatable bonds is 3. The van der Waals surface area contributed by atoms with Gasteiger partial charge in [0, 0.05) is 16.0 Å². The van der Waals surface area contributed by atoms with Crippen molar-refractivity contribution in [2.24, 2.45) is 5.73 Å². The van der Waals surface area contributed by atoms with Crippen LogP contribution in [0.4, 0.5) is 4.39 Å². The Kier molecular flexibility index (Phi) is 4.09. The van der Waals surface area contributed by atoms with Crippen molar-refractivity contribution >= 4 is 21.8 Å². The zero-order chi connectivity index (χ0) is 14.9. The molecule has 1 unspecified atom stereocenters. The topological polar surface area (TPSA) is 63.3 Å². The summed E-state index contributed by atoms with van der Waals surface area (Å²) in [5.74, 6) is -1.99. The first-order valence-electron chi connectivity index (χ1n) is 5.98. The van der Waals surface area contributed by atoms with Crippen LogP contribution in [0.1, 0.15) is 34.3 Å². The highest BCUT2D eigenvalue weighted by molar-refractivity contribution is 9.10. The number of carbonyl (C=O) groups excluding carboxylic acids is 1. The summed E-state index contributed by atoms with van der Waals surface area (Å²) in [6, 6.07) is 9.60. The van der Waals surface area contributed by atoms with E-state index in [0.29, 0.717) is 5.56 Å². The van der Waals surface area contributed by atoms with Crippen LogP contribution in [0.5, 0.6) is 5.75 Å².